The van der Waals surface area contributed by atoms with Gasteiger partial charge in [0.1, 0.15) is 5.75 Å². The van der Waals surface area contributed by atoms with Gasteiger partial charge < -0.3 is 14.7 Å². The van der Waals surface area contributed by atoms with Crippen molar-refractivity contribution in [3.05, 3.63) is 59.2 Å². The Morgan fingerprint density at radius 2 is 1.62 bits per heavy atom. The molecule has 140 valence electrons. The maximum absolute atomic E-state index is 10.5. The van der Waals surface area contributed by atoms with Crippen LogP contribution in [0.3, 0.4) is 0 Å². The number of hydrogen-bond acceptors (Lipinski definition) is 4. The van der Waals surface area contributed by atoms with Crippen LogP contribution in [0.5, 0.6) is 5.75 Å². The van der Waals surface area contributed by atoms with E-state index in [0.29, 0.717) is 13.0 Å². The van der Waals surface area contributed by atoms with Crippen LogP contribution in [0.1, 0.15) is 16.7 Å². The highest BCUT2D eigenvalue weighted by atomic mass is 16.5. The lowest BCUT2D eigenvalue weighted by Crippen LogP contribution is -2.49. The summed E-state index contributed by atoms with van der Waals surface area (Å²) in [5, 5.41) is 10.5. The van der Waals surface area contributed by atoms with E-state index < -0.39 is 0 Å². The van der Waals surface area contributed by atoms with E-state index in [9.17, 15) is 5.11 Å². The number of aliphatic hydroxyl groups is 1. The van der Waals surface area contributed by atoms with Gasteiger partial charge in [-0.1, -0.05) is 36.4 Å². The SMILES string of the molecule is COc1ccccc1CC(O)CN1CCN(c2c(C)cccc2C)CC1. The summed E-state index contributed by atoms with van der Waals surface area (Å²) in [7, 11) is 1.68. The van der Waals surface area contributed by atoms with Gasteiger partial charge in [0, 0.05) is 44.8 Å². The van der Waals surface area contributed by atoms with Crippen LogP contribution in [0.4, 0.5) is 5.69 Å². The molecule has 4 nitrogen and oxygen atoms in total. The van der Waals surface area contributed by atoms with E-state index >= 15 is 0 Å². The second kappa shape index (κ2) is 8.56. The molecular weight excluding hydrogens is 324 g/mol. The van der Waals surface area contributed by atoms with Crippen molar-refractivity contribution in [1.29, 1.82) is 0 Å². The molecule has 1 saturated heterocycles. The molecule has 1 aliphatic rings. The van der Waals surface area contributed by atoms with E-state index in [1.54, 1.807) is 7.11 Å². The number of para-hydroxylation sites is 2. The molecule has 1 aliphatic heterocycles. The first-order chi connectivity index (χ1) is 12.6. The van der Waals surface area contributed by atoms with E-state index in [2.05, 4.69) is 41.8 Å². The van der Waals surface area contributed by atoms with Crippen molar-refractivity contribution in [2.24, 2.45) is 0 Å². The predicted octanol–water partition coefficient (Wildman–Crippen LogP) is 3.04. The fourth-order valence-corrected chi connectivity index (χ4v) is 3.95. The Bertz CT molecular complexity index is 704. The Morgan fingerprint density at radius 3 is 2.27 bits per heavy atom. The highest BCUT2D eigenvalue weighted by Gasteiger charge is 2.21. The summed E-state index contributed by atoms with van der Waals surface area (Å²) in [4.78, 5) is 4.85. The Balaban J connectivity index is 1.54. The van der Waals surface area contributed by atoms with Crippen LogP contribution in [0.25, 0.3) is 0 Å². The largest absolute Gasteiger partial charge is 0.496 e. The number of ether oxygens (including phenoxy) is 1. The number of hydrogen-bond donors (Lipinski definition) is 1. The zero-order valence-electron chi connectivity index (χ0n) is 16.1. The number of β-amino-alcohol motifs (C(OH)–C–C–N with tert-alkyl or cyclic N) is 1. The lowest BCUT2D eigenvalue weighted by molar-refractivity contribution is 0.108. The minimum absolute atomic E-state index is 0.377. The average molecular weight is 354 g/mol. The van der Waals surface area contributed by atoms with Gasteiger partial charge in [-0.2, -0.15) is 0 Å². The highest BCUT2D eigenvalue weighted by molar-refractivity contribution is 5.59. The lowest BCUT2D eigenvalue weighted by Gasteiger charge is -2.38. The maximum Gasteiger partial charge on any atom is 0.122 e. The van der Waals surface area contributed by atoms with Crippen LogP contribution in [-0.4, -0.2) is 55.9 Å². The van der Waals surface area contributed by atoms with Gasteiger partial charge in [0.2, 0.25) is 0 Å². The monoisotopic (exact) mass is 354 g/mol. The van der Waals surface area contributed by atoms with Crippen LogP contribution < -0.4 is 9.64 Å². The third-order valence-corrected chi connectivity index (χ3v) is 5.25. The van der Waals surface area contributed by atoms with Gasteiger partial charge in [0.15, 0.2) is 0 Å². The zero-order chi connectivity index (χ0) is 18.5. The van der Waals surface area contributed by atoms with E-state index in [1.807, 2.05) is 24.3 Å². The summed E-state index contributed by atoms with van der Waals surface area (Å²) >= 11 is 0. The minimum atomic E-state index is -0.377. The van der Waals surface area contributed by atoms with Crippen molar-refractivity contribution in [1.82, 2.24) is 4.90 Å². The van der Waals surface area contributed by atoms with Crippen LogP contribution in [0, 0.1) is 13.8 Å². The molecule has 2 aromatic rings. The normalized spacial score (nSPS) is 16.5. The summed E-state index contributed by atoms with van der Waals surface area (Å²) in [5.41, 5.74) is 5.13. The molecule has 0 amide bonds. The summed E-state index contributed by atoms with van der Waals surface area (Å²) in [6.07, 6.45) is 0.249. The van der Waals surface area contributed by atoms with Crippen molar-refractivity contribution in [2.75, 3.05) is 44.7 Å². The molecule has 1 fully saturated rings. The second-order valence-corrected chi connectivity index (χ2v) is 7.20. The summed E-state index contributed by atoms with van der Waals surface area (Å²) < 4.78 is 5.39. The van der Waals surface area contributed by atoms with Gasteiger partial charge >= 0.3 is 0 Å². The molecule has 1 N–H and O–H groups in total. The molecule has 0 saturated carbocycles. The van der Waals surface area contributed by atoms with Crippen molar-refractivity contribution in [2.45, 2.75) is 26.4 Å². The topological polar surface area (TPSA) is 35.9 Å². The van der Waals surface area contributed by atoms with Crippen LogP contribution in [-0.2, 0) is 6.42 Å². The van der Waals surface area contributed by atoms with Gasteiger partial charge in [-0.3, -0.25) is 4.90 Å². The molecule has 0 radical (unpaired) electrons. The average Bonchev–Trinajstić information content (AvgIpc) is 2.63. The fourth-order valence-electron chi connectivity index (χ4n) is 3.95. The Labute approximate surface area is 157 Å². The Kier molecular flexibility index (Phi) is 6.17. The molecule has 0 aliphatic carbocycles. The number of methoxy groups -OCH3 is 1. The van der Waals surface area contributed by atoms with Gasteiger partial charge in [0.05, 0.1) is 13.2 Å². The smallest absolute Gasteiger partial charge is 0.122 e. The van der Waals surface area contributed by atoms with Gasteiger partial charge in [-0.05, 0) is 36.6 Å². The van der Waals surface area contributed by atoms with E-state index in [0.717, 1.165) is 37.5 Å². The van der Waals surface area contributed by atoms with E-state index in [-0.39, 0.29) is 6.10 Å². The minimum Gasteiger partial charge on any atom is -0.496 e. The van der Waals surface area contributed by atoms with Gasteiger partial charge in [-0.15, -0.1) is 0 Å². The summed E-state index contributed by atoms with van der Waals surface area (Å²) in [6, 6.07) is 14.4. The van der Waals surface area contributed by atoms with Crippen molar-refractivity contribution < 1.29 is 9.84 Å². The molecule has 4 heteroatoms. The molecule has 3 rings (SSSR count). The van der Waals surface area contributed by atoms with Crippen LogP contribution >= 0.6 is 0 Å². The molecule has 1 atom stereocenters. The quantitative estimate of drug-likeness (QED) is 0.865. The first-order valence-corrected chi connectivity index (χ1v) is 9.42. The predicted molar refractivity (Wildman–Crippen MR) is 107 cm³/mol. The Morgan fingerprint density at radius 1 is 0.962 bits per heavy atom. The molecule has 0 spiro atoms. The Hall–Kier alpha value is -2.04. The molecular formula is C22H30N2O2. The molecule has 0 aromatic heterocycles. The fraction of sp³-hybridized carbons (Fsp3) is 0.455. The maximum atomic E-state index is 10.5. The number of aryl methyl sites for hydroxylation is 2. The lowest BCUT2D eigenvalue weighted by atomic mass is 10.1. The van der Waals surface area contributed by atoms with E-state index in [1.165, 1.54) is 16.8 Å². The molecule has 1 unspecified atom stereocenters. The number of anilines is 1. The van der Waals surface area contributed by atoms with Crippen molar-refractivity contribution in [3.8, 4) is 5.75 Å². The molecule has 2 aromatic carbocycles. The zero-order valence-corrected chi connectivity index (χ0v) is 16.1. The number of piperazine rings is 1. The standard InChI is InChI=1S/C22H30N2O2/c1-17-7-6-8-18(2)22(17)24-13-11-23(12-14-24)16-20(25)15-19-9-4-5-10-21(19)26-3/h4-10,20,25H,11-16H2,1-3H3. The van der Waals surface area contributed by atoms with E-state index in [4.69, 9.17) is 4.74 Å². The van der Waals surface area contributed by atoms with Gasteiger partial charge in [0.25, 0.3) is 0 Å². The van der Waals surface area contributed by atoms with Crippen molar-refractivity contribution in [3.63, 3.8) is 0 Å². The first kappa shape index (κ1) is 18.7. The number of nitrogens with zero attached hydrogens (tertiary/aromatic N) is 2. The van der Waals surface area contributed by atoms with Crippen LogP contribution in [0.2, 0.25) is 0 Å². The molecule has 26 heavy (non-hydrogen) atoms. The third kappa shape index (κ3) is 4.37. The van der Waals surface area contributed by atoms with Gasteiger partial charge in [-0.25, -0.2) is 0 Å². The molecule has 1 heterocycles. The molecule has 0 bridgehead atoms. The summed E-state index contributed by atoms with van der Waals surface area (Å²) in [6.45, 7) is 9.06. The highest BCUT2D eigenvalue weighted by Crippen LogP contribution is 2.26. The second-order valence-electron chi connectivity index (χ2n) is 7.20. The van der Waals surface area contributed by atoms with Crippen molar-refractivity contribution >= 4 is 5.69 Å². The van der Waals surface area contributed by atoms with Crippen LogP contribution in [0.15, 0.2) is 42.5 Å². The summed E-state index contributed by atoms with van der Waals surface area (Å²) in [5.74, 6) is 0.853. The third-order valence-electron chi connectivity index (χ3n) is 5.25. The number of rotatable bonds is 6. The number of aliphatic hydroxyl groups excluding tert-OH is 1. The first-order valence-electron chi connectivity index (χ1n) is 9.42. The number of benzene rings is 2.